The molecule has 2 heterocycles. The molecule has 9 nitrogen and oxygen atoms in total. The summed E-state index contributed by atoms with van der Waals surface area (Å²) in [6.45, 7) is 1.19. The zero-order valence-corrected chi connectivity index (χ0v) is 23.0. The Kier molecular flexibility index (Phi) is 8.61. The number of nitrogens with zero attached hydrogens (tertiary/aromatic N) is 3. The maximum atomic E-state index is 13.1. The van der Waals surface area contributed by atoms with Gasteiger partial charge in [-0.1, -0.05) is 29.8 Å². The smallest absolute Gasteiger partial charge is 0.278 e. The van der Waals surface area contributed by atoms with E-state index < -0.39 is 44.6 Å². The lowest BCUT2D eigenvalue weighted by atomic mass is 9.91. The molecule has 3 amide bonds. The zero-order valence-electron chi connectivity index (χ0n) is 20.6. The van der Waals surface area contributed by atoms with Gasteiger partial charge in [0.05, 0.1) is 16.2 Å². The van der Waals surface area contributed by atoms with Gasteiger partial charge in [0.15, 0.2) is 0 Å². The molecule has 0 aliphatic carbocycles. The number of guanidine groups is 1. The topological polar surface area (TPSA) is 120 Å². The fourth-order valence-corrected chi connectivity index (χ4v) is 5.79. The Hall–Kier alpha value is -3.75. The zero-order chi connectivity index (χ0) is 29.1. The number of nitrogens with one attached hydrogen (secondary N) is 2. The standard InChI is InChI=1S/C25H21ClF3N5O4S2/c1-15(35)30-24(36)31-23(33-40(37,38)19-10-6-17(7-11-19)25(27,28)29)34-13-12-20(21-3-2-14-39-21)22(32-34)16-4-8-18(26)9-5-16/h2-11,14,20H,12-13H2,1H3,(H2,30,31,33,35,36)/t20-/m1/s1. The van der Waals surface area contributed by atoms with Crippen LogP contribution in [0.3, 0.4) is 0 Å². The molecule has 1 aliphatic rings. The summed E-state index contributed by atoms with van der Waals surface area (Å²) >= 11 is 7.57. The molecule has 210 valence electrons. The van der Waals surface area contributed by atoms with E-state index in [9.17, 15) is 31.2 Å². The first kappa shape index (κ1) is 29.2. The van der Waals surface area contributed by atoms with Crippen LogP contribution in [0.25, 0.3) is 0 Å². The number of alkyl halides is 3. The van der Waals surface area contributed by atoms with Crippen molar-refractivity contribution in [1.29, 1.82) is 0 Å². The van der Waals surface area contributed by atoms with E-state index >= 15 is 0 Å². The number of benzene rings is 2. The predicted octanol–water partition coefficient (Wildman–Crippen LogP) is 5.20. The average molecular weight is 612 g/mol. The molecule has 0 saturated heterocycles. The molecule has 0 saturated carbocycles. The fourth-order valence-electron chi connectivity index (χ4n) is 3.85. The van der Waals surface area contributed by atoms with Gasteiger partial charge in [-0.2, -0.15) is 26.7 Å². The first-order valence-electron chi connectivity index (χ1n) is 11.6. The van der Waals surface area contributed by atoms with Crippen LogP contribution in [0.1, 0.15) is 35.3 Å². The number of thiophene rings is 1. The fraction of sp³-hybridized carbons (Fsp3) is 0.200. The lowest BCUT2D eigenvalue weighted by Crippen LogP contribution is -2.49. The molecule has 2 N–H and O–H groups in total. The molecule has 0 radical (unpaired) electrons. The second kappa shape index (κ2) is 11.8. The summed E-state index contributed by atoms with van der Waals surface area (Å²) < 4.78 is 68.8. The van der Waals surface area contributed by atoms with Crippen LogP contribution in [0.4, 0.5) is 18.0 Å². The number of carbonyl (C=O) groups excluding carboxylic acids is 2. The minimum Gasteiger partial charge on any atom is -0.278 e. The Morgan fingerprint density at radius 3 is 2.33 bits per heavy atom. The quantitative estimate of drug-likeness (QED) is 0.310. The highest BCUT2D eigenvalue weighted by Crippen LogP contribution is 2.33. The van der Waals surface area contributed by atoms with Crippen LogP contribution >= 0.6 is 22.9 Å². The number of imide groups is 1. The third kappa shape index (κ3) is 7.06. The number of hydrogen-bond acceptors (Lipinski definition) is 6. The Labute approximate surface area is 236 Å². The van der Waals surface area contributed by atoms with Gasteiger partial charge in [-0.25, -0.2) is 9.80 Å². The number of halogens is 4. The molecule has 4 rings (SSSR count). The van der Waals surface area contributed by atoms with Crippen molar-refractivity contribution in [2.24, 2.45) is 9.50 Å². The number of sulfonamides is 1. The third-order valence-corrected chi connectivity index (χ3v) is 8.18. The van der Waals surface area contributed by atoms with Crippen molar-refractivity contribution >= 4 is 56.6 Å². The van der Waals surface area contributed by atoms with Crippen molar-refractivity contribution in [3.63, 3.8) is 0 Å². The van der Waals surface area contributed by atoms with E-state index in [1.165, 1.54) is 11.3 Å². The predicted molar refractivity (Wildman–Crippen MR) is 145 cm³/mol. The molecule has 0 bridgehead atoms. The summed E-state index contributed by atoms with van der Waals surface area (Å²) in [6, 6.07) is 12.4. The Morgan fingerprint density at radius 2 is 1.75 bits per heavy atom. The van der Waals surface area contributed by atoms with E-state index in [0.717, 1.165) is 28.9 Å². The minimum atomic E-state index is -4.66. The molecular weight excluding hydrogens is 591 g/mol. The van der Waals surface area contributed by atoms with Crippen LogP contribution in [0.5, 0.6) is 0 Å². The molecule has 1 aliphatic heterocycles. The van der Waals surface area contributed by atoms with Gasteiger partial charge in [0.25, 0.3) is 10.0 Å². The minimum absolute atomic E-state index is 0.112. The number of carbonyl (C=O) groups is 2. The van der Waals surface area contributed by atoms with E-state index in [-0.39, 0.29) is 12.5 Å². The number of hydrazone groups is 1. The lowest BCUT2D eigenvalue weighted by Gasteiger charge is -2.31. The Balaban J connectivity index is 1.78. The number of urea groups is 1. The average Bonchev–Trinajstić information content (AvgIpc) is 3.42. The number of rotatable bonds is 4. The normalized spacial score (nSPS) is 16.3. The van der Waals surface area contributed by atoms with E-state index in [1.807, 2.05) is 22.8 Å². The van der Waals surface area contributed by atoms with Gasteiger partial charge in [0.1, 0.15) is 0 Å². The van der Waals surface area contributed by atoms with Gasteiger partial charge in [-0.05, 0) is 59.8 Å². The maximum Gasteiger partial charge on any atom is 0.416 e. The van der Waals surface area contributed by atoms with Crippen molar-refractivity contribution in [3.8, 4) is 0 Å². The van der Waals surface area contributed by atoms with E-state index in [2.05, 4.69) is 14.8 Å². The van der Waals surface area contributed by atoms with E-state index in [4.69, 9.17) is 11.6 Å². The van der Waals surface area contributed by atoms with Crippen LogP contribution in [0.15, 0.2) is 80.4 Å². The largest absolute Gasteiger partial charge is 0.416 e. The first-order chi connectivity index (χ1) is 18.8. The Bertz CT molecular complexity index is 1560. The summed E-state index contributed by atoms with van der Waals surface area (Å²) in [5.41, 5.74) is 0.187. The molecule has 2 aromatic carbocycles. The van der Waals surface area contributed by atoms with Crippen molar-refractivity contribution in [2.45, 2.75) is 30.3 Å². The second-order valence-electron chi connectivity index (χ2n) is 8.52. The SMILES string of the molecule is CC(=O)NC(=O)N/C(=N/S(=O)(=O)c1ccc(C(F)(F)F)cc1)N1CC[C@H](c2cccs2)C(c2ccc(Cl)cc2)=N1. The summed E-state index contributed by atoms with van der Waals surface area (Å²) in [4.78, 5) is 24.3. The molecule has 1 aromatic heterocycles. The highest BCUT2D eigenvalue weighted by atomic mass is 35.5. The highest BCUT2D eigenvalue weighted by molar-refractivity contribution is 7.90. The van der Waals surface area contributed by atoms with Crippen molar-refractivity contribution in [2.75, 3.05) is 6.54 Å². The van der Waals surface area contributed by atoms with Crippen LogP contribution in [0.2, 0.25) is 5.02 Å². The van der Waals surface area contributed by atoms with E-state index in [1.54, 1.807) is 24.3 Å². The molecule has 1 atom stereocenters. The van der Waals surface area contributed by atoms with Gasteiger partial charge in [0, 0.05) is 29.3 Å². The maximum absolute atomic E-state index is 13.1. The molecular formula is C25H21ClF3N5O4S2. The summed E-state index contributed by atoms with van der Waals surface area (Å²) in [5, 5.41) is 12.4. The number of amides is 3. The van der Waals surface area contributed by atoms with Gasteiger partial charge >= 0.3 is 12.2 Å². The second-order valence-corrected chi connectivity index (χ2v) is 11.5. The molecule has 0 fully saturated rings. The number of hydrogen-bond donors (Lipinski definition) is 2. The summed E-state index contributed by atoms with van der Waals surface area (Å²) in [5.74, 6) is -1.44. The van der Waals surface area contributed by atoms with Crippen LogP contribution in [-0.4, -0.2) is 43.6 Å². The molecule has 40 heavy (non-hydrogen) atoms. The van der Waals surface area contributed by atoms with Crippen LogP contribution in [0, 0.1) is 0 Å². The van der Waals surface area contributed by atoms with Crippen molar-refractivity contribution in [3.05, 3.63) is 87.1 Å². The van der Waals surface area contributed by atoms with Crippen molar-refractivity contribution < 1.29 is 31.2 Å². The van der Waals surface area contributed by atoms with Crippen LogP contribution < -0.4 is 10.6 Å². The van der Waals surface area contributed by atoms with Gasteiger partial charge in [0.2, 0.25) is 11.9 Å². The third-order valence-electron chi connectivity index (χ3n) is 5.66. The van der Waals surface area contributed by atoms with Gasteiger partial charge < -0.3 is 0 Å². The van der Waals surface area contributed by atoms with Crippen LogP contribution in [-0.2, 0) is 21.0 Å². The molecule has 0 spiro atoms. The summed E-state index contributed by atoms with van der Waals surface area (Å²) in [6.07, 6.45) is -4.22. The first-order valence-corrected chi connectivity index (χ1v) is 14.3. The lowest BCUT2D eigenvalue weighted by molar-refractivity contribution is -0.137. The van der Waals surface area contributed by atoms with Gasteiger partial charge in [-0.3, -0.25) is 15.4 Å². The Morgan fingerprint density at radius 1 is 1.07 bits per heavy atom. The molecule has 15 heteroatoms. The highest BCUT2D eigenvalue weighted by Gasteiger charge is 2.32. The van der Waals surface area contributed by atoms with E-state index in [0.29, 0.717) is 34.9 Å². The van der Waals surface area contributed by atoms with Gasteiger partial charge in [-0.15, -0.1) is 15.7 Å². The summed E-state index contributed by atoms with van der Waals surface area (Å²) in [7, 11) is -4.62. The molecule has 3 aromatic rings. The molecule has 0 unspecified atom stereocenters. The van der Waals surface area contributed by atoms with Crippen molar-refractivity contribution in [1.82, 2.24) is 15.6 Å². The monoisotopic (exact) mass is 611 g/mol.